The molecule has 0 saturated carbocycles. The molecule has 0 aromatic heterocycles. The Bertz CT molecular complexity index is 386. The second kappa shape index (κ2) is 9.40. The smallest absolute Gasteiger partial charge is 0.224 e. The Morgan fingerprint density at radius 3 is 2.50 bits per heavy atom. The summed E-state index contributed by atoms with van der Waals surface area (Å²) in [4.78, 5) is 11.9. The van der Waals surface area contributed by atoms with Gasteiger partial charge in [-0.3, -0.25) is 4.79 Å². The fraction of sp³-hybridized carbons (Fsp3) is 0.588. The second-order valence-electron chi connectivity index (χ2n) is 5.25. The molecule has 1 atom stereocenters. The molecule has 1 amide bonds. The van der Waals surface area contributed by atoms with Crippen LogP contribution in [0, 0.1) is 5.92 Å². The molecule has 112 valence electrons. The van der Waals surface area contributed by atoms with Crippen LogP contribution in [0.5, 0.6) is 5.75 Å². The van der Waals surface area contributed by atoms with E-state index in [1.165, 1.54) is 19.3 Å². The van der Waals surface area contributed by atoms with Crippen molar-refractivity contribution in [3.05, 3.63) is 29.8 Å². The summed E-state index contributed by atoms with van der Waals surface area (Å²) >= 11 is 0. The standard InChI is InChI=1S/C17H27NO2/c1-4-6-7-14(5-2)13-18-17(19)12-15-8-10-16(20-3)11-9-15/h8-11,14H,4-7,12-13H2,1-3H3,(H,18,19)/t14-/m1/s1. The predicted molar refractivity (Wildman–Crippen MR) is 83.0 cm³/mol. The Morgan fingerprint density at radius 2 is 1.95 bits per heavy atom. The molecule has 0 aliphatic heterocycles. The Hall–Kier alpha value is -1.51. The van der Waals surface area contributed by atoms with Crippen molar-refractivity contribution in [2.75, 3.05) is 13.7 Å². The van der Waals surface area contributed by atoms with Gasteiger partial charge in [0.15, 0.2) is 0 Å². The zero-order valence-electron chi connectivity index (χ0n) is 12.9. The molecule has 0 bridgehead atoms. The van der Waals surface area contributed by atoms with Crippen molar-refractivity contribution in [1.82, 2.24) is 5.32 Å². The van der Waals surface area contributed by atoms with E-state index < -0.39 is 0 Å². The first-order chi connectivity index (χ1) is 9.69. The molecule has 0 spiro atoms. The highest BCUT2D eigenvalue weighted by molar-refractivity contribution is 5.78. The van der Waals surface area contributed by atoms with E-state index in [0.29, 0.717) is 12.3 Å². The third-order valence-corrected chi connectivity index (χ3v) is 3.65. The summed E-state index contributed by atoms with van der Waals surface area (Å²) in [6.07, 6.45) is 5.23. The fourth-order valence-corrected chi connectivity index (χ4v) is 2.19. The molecule has 1 N–H and O–H groups in total. The molecule has 1 aromatic carbocycles. The fourth-order valence-electron chi connectivity index (χ4n) is 2.19. The van der Waals surface area contributed by atoms with Gasteiger partial charge < -0.3 is 10.1 Å². The number of hydrogen-bond acceptors (Lipinski definition) is 2. The van der Waals surface area contributed by atoms with Gasteiger partial charge in [0.05, 0.1) is 13.5 Å². The van der Waals surface area contributed by atoms with Crippen LogP contribution in [0.3, 0.4) is 0 Å². The van der Waals surface area contributed by atoms with Crippen LogP contribution in [0.15, 0.2) is 24.3 Å². The highest BCUT2D eigenvalue weighted by Crippen LogP contribution is 2.13. The van der Waals surface area contributed by atoms with E-state index in [0.717, 1.165) is 24.3 Å². The molecular weight excluding hydrogens is 250 g/mol. The van der Waals surface area contributed by atoms with Gasteiger partial charge in [-0.25, -0.2) is 0 Å². The minimum Gasteiger partial charge on any atom is -0.497 e. The molecule has 0 unspecified atom stereocenters. The number of rotatable bonds is 9. The number of hydrogen-bond donors (Lipinski definition) is 1. The molecule has 3 heteroatoms. The number of carbonyl (C=O) groups excluding carboxylic acids is 1. The molecule has 20 heavy (non-hydrogen) atoms. The SMILES string of the molecule is CCCC[C@@H](CC)CNC(=O)Cc1ccc(OC)cc1. The molecule has 0 heterocycles. The van der Waals surface area contributed by atoms with Crippen molar-refractivity contribution >= 4 is 5.91 Å². The zero-order chi connectivity index (χ0) is 14.8. The predicted octanol–water partition coefficient (Wildman–Crippen LogP) is 3.57. The second-order valence-corrected chi connectivity index (χ2v) is 5.25. The van der Waals surface area contributed by atoms with Gasteiger partial charge in [0, 0.05) is 6.54 Å². The van der Waals surface area contributed by atoms with Gasteiger partial charge in [0.1, 0.15) is 5.75 Å². The highest BCUT2D eigenvalue weighted by atomic mass is 16.5. The van der Waals surface area contributed by atoms with E-state index in [-0.39, 0.29) is 5.91 Å². The van der Waals surface area contributed by atoms with Gasteiger partial charge in [-0.15, -0.1) is 0 Å². The van der Waals surface area contributed by atoms with Gasteiger partial charge in [-0.05, 0) is 30.0 Å². The van der Waals surface area contributed by atoms with Crippen molar-refractivity contribution in [1.29, 1.82) is 0 Å². The highest BCUT2D eigenvalue weighted by Gasteiger charge is 2.08. The van der Waals surface area contributed by atoms with Crippen molar-refractivity contribution < 1.29 is 9.53 Å². The van der Waals surface area contributed by atoms with Crippen LogP contribution in [0.4, 0.5) is 0 Å². The van der Waals surface area contributed by atoms with Crippen LogP contribution < -0.4 is 10.1 Å². The van der Waals surface area contributed by atoms with Gasteiger partial charge in [0.25, 0.3) is 0 Å². The number of amides is 1. The summed E-state index contributed by atoms with van der Waals surface area (Å²) in [5, 5.41) is 3.05. The summed E-state index contributed by atoms with van der Waals surface area (Å²) in [5.41, 5.74) is 1.02. The van der Waals surface area contributed by atoms with Gasteiger partial charge in [-0.1, -0.05) is 45.2 Å². The maximum absolute atomic E-state index is 11.9. The molecule has 0 aliphatic carbocycles. The Labute approximate surface area is 122 Å². The minimum atomic E-state index is 0.102. The maximum atomic E-state index is 11.9. The lowest BCUT2D eigenvalue weighted by Gasteiger charge is -2.15. The normalized spacial score (nSPS) is 11.9. The molecule has 3 nitrogen and oxygen atoms in total. The van der Waals surface area contributed by atoms with Gasteiger partial charge in [-0.2, -0.15) is 0 Å². The summed E-state index contributed by atoms with van der Waals surface area (Å²) in [5.74, 6) is 1.53. The van der Waals surface area contributed by atoms with E-state index in [9.17, 15) is 4.79 Å². The molecule has 1 rings (SSSR count). The first-order valence-electron chi connectivity index (χ1n) is 7.59. The summed E-state index contributed by atoms with van der Waals surface area (Å²) in [6, 6.07) is 7.65. The Balaban J connectivity index is 2.34. The lowest BCUT2D eigenvalue weighted by atomic mass is 9.99. The average Bonchev–Trinajstić information content (AvgIpc) is 2.48. The maximum Gasteiger partial charge on any atom is 0.224 e. The summed E-state index contributed by atoms with van der Waals surface area (Å²) in [6.45, 7) is 5.19. The molecule has 0 saturated heterocycles. The van der Waals surface area contributed by atoms with Crippen molar-refractivity contribution in [2.45, 2.75) is 46.0 Å². The first-order valence-corrected chi connectivity index (χ1v) is 7.59. The number of nitrogens with one attached hydrogen (secondary N) is 1. The third-order valence-electron chi connectivity index (χ3n) is 3.65. The zero-order valence-corrected chi connectivity index (χ0v) is 12.9. The molecule has 0 aliphatic rings. The summed E-state index contributed by atoms with van der Waals surface area (Å²) in [7, 11) is 1.64. The van der Waals surface area contributed by atoms with Crippen molar-refractivity contribution in [3.8, 4) is 5.75 Å². The van der Waals surface area contributed by atoms with Crippen LogP contribution in [0.25, 0.3) is 0 Å². The number of unbranched alkanes of at least 4 members (excludes halogenated alkanes) is 1. The van der Waals surface area contributed by atoms with Crippen molar-refractivity contribution in [3.63, 3.8) is 0 Å². The number of methoxy groups -OCH3 is 1. The lowest BCUT2D eigenvalue weighted by molar-refractivity contribution is -0.120. The Kier molecular flexibility index (Phi) is 7.78. The number of ether oxygens (including phenoxy) is 1. The largest absolute Gasteiger partial charge is 0.497 e. The number of benzene rings is 1. The van der Waals surface area contributed by atoms with Crippen LogP contribution in [0.1, 0.15) is 45.1 Å². The quantitative estimate of drug-likeness (QED) is 0.749. The van der Waals surface area contributed by atoms with Crippen LogP contribution in [-0.4, -0.2) is 19.6 Å². The number of carbonyl (C=O) groups is 1. The van der Waals surface area contributed by atoms with E-state index in [1.807, 2.05) is 24.3 Å². The minimum absolute atomic E-state index is 0.102. The van der Waals surface area contributed by atoms with E-state index in [1.54, 1.807) is 7.11 Å². The van der Waals surface area contributed by atoms with Crippen molar-refractivity contribution in [2.24, 2.45) is 5.92 Å². The molecule has 1 aromatic rings. The molecule has 0 radical (unpaired) electrons. The van der Waals surface area contributed by atoms with E-state index in [2.05, 4.69) is 19.2 Å². The van der Waals surface area contributed by atoms with Crippen LogP contribution in [0.2, 0.25) is 0 Å². The lowest BCUT2D eigenvalue weighted by Crippen LogP contribution is -2.30. The third kappa shape index (κ3) is 6.09. The topological polar surface area (TPSA) is 38.3 Å². The average molecular weight is 277 g/mol. The van der Waals surface area contributed by atoms with Crippen LogP contribution in [-0.2, 0) is 11.2 Å². The van der Waals surface area contributed by atoms with E-state index >= 15 is 0 Å². The molecular formula is C17H27NO2. The Morgan fingerprint density at radius 1 is 1.25 bits per heavy atom. The van der Waals surface area contributed by atoms with Crippen LogP contribution >= 0.6 is 0 Å². The first kappa shape index (κ1) is 16.5. The van der Waals surface area contributed by atoms with Gasteiger partial charge >= 0.3 is 0 Å². The van der Waals surface area contributed by atoms with Gasteiger partial charge in [0.2, 0.25) is 5.91 Å². The van der Waals surface area contributed by atoms with E-state index in [4.69, 9.17) is 4.74 Å². The summed E-state index contributed by atoms with van der Waals surface area (Å²) < 4.78 is 5.10. The monoisotopic (exact) mass is 277 g/mol. The molecule has 0 fully saturated rings.